The molecular weight excluding hydrogens is 314 g/mol. The van der Waals surface area contributed by atoms with Crippen molar-refractivity contribution in [3.63, 3.8) is 0 Å². The first-order valence-corrected chi connectivity index (χ1v) is 10.1. The third-order valence-electron chi connectivity index (χ3n) is 5.87. The van der Waals surface area contributed by atoms with Crippen molar-refractivity contribution >= 4 is 5.82 Å². The van der Waals surface area contributed by atoms with Gasteiger partial charge >= 0.3 is 0 Å². The zero-order chi connectivity index (χ0) is 16.9. The first kappa shape index (κ1) is 17.1. The summed E-state index contributed by atoms with van der Waals surface area (Å²) in [5.74, 6) is 2.87. The molecule has 0 amide bonds. The molecule has 0 aromatic carbocycles. The summed E-state index contributed by atoms with van der Waals surface area (Å²) in [6.07, 6.45) is 9.63. The number of ether oxygens (including phenoxy) is 2. The standard InChI is InChI=1S/C20H31N3O2/c1-2-11-23(10-1)20-19(4-3-9-21-20)25-18-6-13-22(16-18)12-5-17-7-14-24-15-8-17/h3-4,9,17-18H,1-2,5-8,10-16H2/t18-/m1/s1. The van der Waals surface area contributed by atoms with Crippen LogP contribution in [0, 0.1) is 5.92 Å². The summed E-state index contributed by atoms with van der Waals surface area (Å²) in [7, 11) is 0. The van der Waals surface area contributed by atoms with Gasteiger partial charge in [0.25, 0.3) is 0 Å². The maximum atomic E-state index is 6.38. The van der Waals surface area contributed by atoms with Crippen LogP contribution in [-0.4, -0.2) is 61.9 Å². The molecule has 4 rings (SSSR count). The topological polar surface area (TPSA) is 37.8 Å². The smallest absolute Gasteiger partial charge is 0.171 e. The van der Waals surface area contributed by atoms with Gasteiger partial charge in [-0.1, -0.05) is 0 Å². The maximum Gasteiger partial charge on any atom is 0.171 e. The van der Waals surface area contributed by atoms with Crippen LogP contribution in [0.3, 0.4) is 0 Å². The number of pyridine rings is 1. The Morgan fingerprint density at radius 1 is 1.12 bits per heavy atom. The molecule has 138 valence electrons. The molecule has 5 heteroatoms. The zero-order valence-electron chi connectivity index (χ0n) is 15.2. The highest BCUT2D eigenvalue weighted by Gasteiger charge is 2.27. The van der Waals surface area contributed by atoms with Crippen molar-refractivity contribution in [3.05, 3.63) is 18.3 Å². The van der Waals surface area contributed by atoms with Gasteiger partial charge in [0.15, 0.2) is 11.6 Å². The van der Waals surface area contributed by atoms with Crippen LogP contribution in [0.5, 0.6) is 5.75 Å². The molecule has 3 aliphatic heterocycles. The van der Waals surface area contributed by atoms with Crippen LogP contribution in [0.15, 0.2) is 18.3 Å². The minimum Gasteiger partial charge on any atom is -0.485 e. The lowest BCUT2D eigenvalue weighted by Crippen LogP contribution is -2.28. The minimum absolute atomic E-state index is 0.306. The number of aromatic nitrogens is 1. The molecule has 4 heterocycles. The van der Waals surface area contributed by atoms with E-state index in [9.17, 15) is 0 Å². The van der Waals surface area contributed by atoms with Gasteiger partial charge in [0.05, 0.1) is 0 Å². The van der Waals surface area contributed by atoms with Crippen molar-refractivity contribution < 1.29 is 9.47 Å². The quantitative estimate of drug-likeness (QED) is 0.792. The fourth-order valence-electron chi connectivity index (χ4n) is 4.32. The number of hydrogen-bond donors (Lipinski definition) is 0. The van der Waals surface area contributed by atoms with Crippen LogP contribution in [0.25, 0.3) is 0 Å². The molecule has 3 saturated heterocycles. The lowest BCUT2D eigenvalue weighted by Gasteiger charge is -2.25. The lowest BCUT2D eigenvalue weighted by molar-refractivity contribution is 0.0605. The Labute approximate surface area is 151 Å². The molecule has 3 fully saturated rings. The highest BCUT2D eigenvalue weighted by atomic mass is 16.5. The fraction of sp³-hybridized carbons (Fsp3) is 0.750. The van der Waals surface area contributed by atoms with E-state index in [2.05, 4.69) is 20.9 Å². The summed E-state index contributed by atoms with van der Waals surface area (Å²) < 4.78 is 11.8. The highest BCUT2D eigenvalue weighted by Crippen LogP contribution is 2.30. The van der Waals surface area contributed by atoms with E-state index < -0.39 is 0 Å². The van der Waals surface area contributed by atoms with Gasteiger partial charge in [-0.3, -0.25) is 4.90 Å². The van der Waals surface area contributed by atoms with E-state index in [1.54, 1.807) is 0 Å². The Hall–Kier alpha value is -1.33. The molecule has 5 nitrogen and oxygen atoms in total. The molecule has 1 atom stereocenters. The molecule has 1 aromatic heterocycles. The zero-order valence-corrected chi connectivity index (χ0v) is 15.2. The van der Waals surface area contributed by atoms with E-state index in [0.29, 0.717) is 6.10 Å². The summed E-state index contributed by atoms with van der Waals surface area (Å²) in [6, 6.07) is 4.08. The monoisotopic (exact) mass is 345 g/mol. The Morgan fingerprint density at radius 3 is 2.80 bits per heavy atom. The van der Waals surface area contributed by atoms with Gasteiger partial charge in [0, 0.05) is 45.6 Å². The molecule has 0 radical (unpaired) electrons. The Balaban J connectivity index is 1.28. The summed E-state index contributed by atoms with van der Waals surface area (Å²) in [5.41, 5.74) is 0. The van der Waals surface area contributed by atoms with Crippen LogP contribution in [0.4, 0.5) is 5.82 Å². The first-order valence-electron chi connectivity index (χ1n) is 10.1. The normalized spacial score (nSPS) is 25.6. The third kappa shape index (κ3) is 4.45. The predicted molar refractivity (Wildman–Crippen MR) is 99.3 cm³/mol. The second-order valence-corrected chi connectivity index (χ2v) is 7.69. The van der Waals surface area contributed by atoms with E-state index >= 15 is 0 Å². The molecule has 0 unspecified atom stereocenters. The van der Waals surface area contributed by atoms with Crippen molar-refractivity contribution in [1.82, 2.24) is 9.88 Å². The van der Waals surface area contributed by atoms with Crippen molar-refractivity contribution in [2.24, 2.45) is 5.92 Å². The van der Waals surface area contributed by atoms with Crippen molar-refractivity contribution in [3.8, 4) is 5.75 Å². The molecule has 1 aromatic rings. The van der Waals surface area contributed by atoms with Gasteiger partial charge < -0.3 is 14.4 Å². The molecule has 25 heavy (non-hydrogen) atoms. The number of hydrogen-bond acceptors (Lipinski definition) is 5. The van der Waals surface area contributed by atoms with Crippen LogP contribution < -0.4 is 9.64 Å². The minimum atomic E-state index is 0.306. The first-order chi connectivity index (χ1) is 12.4. The molecule has 0 spiro atoms. The average molecular weight is 345 g/mol. The maximum absolute atomic E-state index is 6.38. The third-order valence-corrected chi connectivity index (χ3v) is 5.87. The van der Waals surface area contributed by atoms with Gasteiger partial charge in [0.2, 0.25) is 0 Å². The van der Waals surface area contributed by atoms with Crippen molar-refractivity contribution in [2.45, 2.75) is 44.6 Å². The molecule has 0 N–H and O–H groups in total. The molecular formula is C20H31N3O2. The largest absolute Gasteiger partial charge is 0.485 e. The van der Waals surface area contributed by atoms with E-state index in [0.717, 1.165) is 63.3 Å². The number of rotatable bonds is 6. The molecule has 0 aliphatic carbocycles. The number of nitrogens with zero attached hydrogens (tertiary/aromatic N) is 3. The highest BCUT2D eigenvalue weighted by molar-refractivity contribution is 5.52. The van der Waals surface area contributed by atoms with Gasteiger partial charge in [-0.05, 0) is 63.1 Å². The van der Waals surface area contributed by atoms with E-state index in [-0.39, 0.29) is 0 Å². The van der Waals surface area contributed by atoms with Crippen molar-refractivity contribution in [1.29, 1.82) is 0 Å². The summed E-state index contributed by atoms with van der Waals surface area (Å²) in [4.78, 5) is 9.54. The van der Waals surface area contributed by atoms with Crippen LogP contribution in [-0.2, 0) is 4.74 Å². The van der Waals surface area contributed by atoms with Crippen LogP contribution in [0.1, 0.15) is 38.5 Å². The van der Waals surface area contributed by atoms with E-state index in [1.165, 1.54) is 38.6 Å². The Kier molecular flexibility index (Phi) is 5.72. The summed E-state index contributed by atoms with van der Waals surface area (Å²) in [5, 5.41) is 0. The molecule has 3 aliphatic rings. The average Bonchev–Trinajstić information content (AvgIpc) is 3.33. The lowest BCUT2D eigenvalue weighted by atomic mass is 9.96. The van der Waals surface area contributed by atoms with E-state index in [1.807, 2.05) is 12.3 Å². The number of anilines is 1. The number of likely N-dealkylation sites (tertiary alicyclic amines) is 1. The predicted octanol–water partition coefficient (Wildman–Crippen LogP) is 2.95. The van der Waals surface area contributed by atoms with Gasteiger partial charge in [-0.2, -0.15) is 0 Å². The molecule has 0 saturated carbocycles. The fourth-order valence-corrected chi connectivity index (χ4v) is 4.32. The van der Waals surface area contributed by atoms with E-state index in [4.69, 9.17) is 9.47 Å². The summed E-state index contributed by atoms with van der Waals surface area (Å²) >= 11 is 0. The Bertz CT molecular complexity index is 541. The second kappa shape index (κ2) is 8.37. The van der Waals surface area contributed by atoms with Crippen LogP contribution in [0.2, 0.25) is 0 Å². The summed E-state index contributed by atoms with van der Waals surface area (Å²) in [6.45, 7) is 7.54. The second-order valence-electron chi connectivity index (χ2n) is 7.69. The van der Waals surface area contributed by atoms with Gasteiger partial charge in [0.1, 0.15) is 6.10 Å². The SMILES string of the molecule is c1cnc(N2CCCC2)c(O[C@@H]2CCN(CCC3CCOCC3)C2)c1. The molecule has 0 bridgehead atoms. The van der Waals surface area contributed by atoms with Gasteiger partial charge in [-0.15, -0.1) is 0 Å². The van der Waals surface area contributed by atoms with Crippen molar-refractivity contribution in [2.75, 3.05) is 50.8 Å². The van der Waals surface area contributed by atoms with Gasteiger partial charge in [-0.25, -0.2) is 4.98 Å². The van der Waals surface area contributed by atoms with Crippen LogP contribution >= 0.6 is 0 Å². The Morgan fingerprint density at radius 2 is 1.96 bits per heavy atom.